The van der Waals surface area contributed by atoms with E-state index in [1.54, 1.807) is 31.2 Å². The summed E-state index contributed by atoms with van der Waals surface area (Å²) in [4.78, 5) is 23.6. The minimum Gasteiger partial charge on any atom is -0.475 e. The summed E-state index contributed by atoms with van der Waals surface area (Å²) >= 11 is 0. The largest absolute Gasteiger partial charge is 0.475 e. The molecule has 25 heavy (non-hydrogen) atoms. The zero-order valence-electron chi connectivity index (χ0n) is 14.4. The van der Waals surface area contributed by atoms with Gasteiger partial charge in [0, 0.05) is 23.1 Å². The van der Waals surface area contributed by atoms with Gasteiger partial charge >= 0.3 is 5.97 Å². The van der Waals surface area contributed by atoms with E-state index in [0.29, 0.717) is 41.0 Å². The van der Waals surface area contributed by atoms with Crippen molar-refractivity contribution in [3.63, 3.8) is 0 Å². The number of carboxylic acid groups (broad SMARTS) is 1. The topological polar surface area (TPSA) is 91.9 Å². The maximum atomic E-state index is 12.2. The molecule has 1 aromatic carbocycles. The summed E-state index contributed by atoms with van der Waals surface area (Å²) in [5, 5.41) is 13.6. The molecule has 0 bridgehead atoms. The number of hydrogen-bond donors (Lipinski definition) is 2. The summed E-state index contributed by atoms with van der Waals surface area (Å²) in [5.41, 5.74) is 4.84. The van der Waals surface area contributed by atoms with Crippen molar-refractivity contribution in [3.8, 4) is 0 Å². The second kappa shape index (κ2) is 6.20. The number of rotatable bonds is 3. The van der Waals surface area contributed by atoms with Crippen LogP contribution in [0.15, 0.2) is 39.9 Å². The van der Waals surface area contributed by atoms with Crippen molar-refractivity contribution in [1.29, 1.82) is 0 Å². The predicted octanol–water partition coefficient (Wildman–Crippen LogP) is 3.39. The molecule has 2 aromatic rings. The van der Waals surface area contributed by atoms with Crippen molar-refractivity contribution < 1.29 is 19.1 Å². The maximum absolute atomic E-state index is 12.2. The third-order valence-corrected chi connectivity index (χ3v) is 4.32. The van der Waals surface area contributed by atoms with Gasteiger partial charge in [0.15, 0.2) is 0 Å². The van der Waals surface area contributed by atoms with Gasteiger partial charge in [0.2, 0.25) is 5.76 Å². The molecule has 0 spiro atoms. The Bertz CT molecular complexity index is 863. The minimum atomic E-state index is -1.10. The van der Waals surface area contributed by atoms with Crippen LogP contribution in [-0.2, 0) is 6.42 Å². The van der Waals surface area contributed by atoms with Gasteiger partial charge < -0.3 is 9.52 Å². The number of hydrogen-bond acceptors (Lipinski definition) is 4. The first-order valence-corrected chi connectivity index (χ1v) is 8.06. The lowest BCUT2D eigenvalue weighted by Gasteiger charge is -2.29. The molecule has 0 atom stereocenters. The molecule has 2 N–H and O–H groups in total. The normalized spacial score (nSPS) is 17.2. The second-order valence-corrected chi connectivity index (χ2v) is 7.04. The lowest BCUT2D eigenvalue weighted by molar-refractivity contribution is 0.0657. The van der Waals surface area contributed by atoms with Crippen molar-refractivity contribution in [1.82, 2.24) is 5.43 Å². The Hall–Kier alpha value is -2.89. The van der Waals surface area contributed by atoms with Crippen LogP contribution < -0.4 is 5.43 Å². The van der Waals surface area contributed by atoms with Crippen LogP contribution in [0.4, 0.5) is 0 Å². The molecule has 1 amide bonds. The summed E-state index contributed by atoms with van der Waals surface area (Å²) < 4.78 is 5.56. The molecule has 3 rings (SSSR count). The molecule has 6 nitrogen and oxygen atoms in total. The highest BCUT2D eigenvalue weighted by molar-refractivity contribution is 6.07. The van der Waals surface area contributed by atoms with E-state index >= 15 is 0 Å². The van der Waals surface area contributed by atoms with Gasteiger partial charge in [0.25, 0.3) is 5.91 Å². The van der Waals surface area contributed by atoms with E-state index < -0.39 is 5.97 Å². The van der Waals surface area contributed by atoms with E-state index in [0.717, 1.165) is 0 Å². The van der Waals surface area contributed by atoms with Crippen molar-refractivity contribution in [3.05, 3.63) is 58.5 Å². The standard InChI is InChI=1S/C19H20N2O4/c1-11-15-13(20-21-17(22)12-7-5-4-6-8-12)9-19(2,3)10-14(15)25-16(11)18(23)24/h4-8H,9-10H2,1-3H3,(H,21,22)(H,23,24)/b20-13+. The second-order valence-electron chi connectivity index (χ2n) is 7.04. The Balaban J connectivity index is 1.96. The summed E-state index contributed by atoms with van der Waals surface area (Å²) in [6.07, 6.45) is 1.25. The lowest BCUT2D eigenvalue weighted by atomic mass is 9.75. The number of fused-ring (bicyclic) bond motifs is 1. The Morgan fingerprint density at radius 3 is 2.52 bits per heavy atom. The highest BCUT2D eigenvalue weighted by Crippen LogP contribution is 2.38. The first-order chi connectivity index (χ1) is 11.8. The third-order valence-electron chi connectivity index (χ3n) is 4.32. The zero-order valence-corrected chi connectivity index (χ0v) is 14.4. The number of carbonyl (C=O) groups is 2. The molecule has 6 heteroatoms. The van der Waals surface area contributed by atoms with Gasteiger partial charge in [0.1, 0.15) is 5.76 Å². The van der Waals surface area contributed by atoms with Crippen LogP contribution in [0.1, 0.15) is 58.1 Å². The van der Waals surface area contributed by atoms with E-state index in [-0.39, 0.29) is 17.1 Å². The van der Waals surface area contributed by atoms with Crippen molar-refractivity contribution >= 4 is 17.6 Å². The number of hydrazone groups is 1. The van der Waals surface area contributed by atoms with Crippen LogP contribution in [0, 0.1) is 12.3 Å². The van der Waals surface area contributed by atoms with Crippen LogP contribution in [0.2, 0.25) is 0 Å². The van der Waals surface area contributed by atoms with Crippen LogP contribution in [0.25, 0.3) is 0 Å². The third kappa shape index (κ3) is 3.33. The van der Waals surface area contributed by atoms with E-state index in [1.165, 1.54) is 0 Å². The molecule has 1 aliphatic rings. The average Bonchev–Trinajstić information content (AvgIpc) is 2.88. The minimum absolute atomic E-state index is 0.0650. The Morgan fingerprint density at radius 2 is 1.88 bits per heavy atom. The number of aromatic carboxylic acids is 1. The number of furan rings is 1. The molecule has 0 fully saturated rings. The summed E-state index contributed by atoms with van der Waals surface area (Å²) in [6, 6.07) is 8.81. The van der Waals surface area contributed by atoms with Crippen LogP contribution in [0.3, 0.4) is 0 Å². The highest BCUT2D eigenvalue weighted by Gasteiger charge is 2.36. The van der Waals surface area contributed by atoms with Gasteiger partial charge in [0.05, 0.1) is 5.71 Å². The Labute approximate surface area is 145 Å². The predicted molar refractivity (Wildman–Crippen MR) is 93.0 cm³/mol. The molecule has 0 saturated heterocycles. The lowest BCUT2D eigenvalue weighted by Crippen LogP contribution is -2.29. The molecule has 0 aliphatic heterocycles. The highest BCUT2D eigenvalue weighted by atomic mass is 16.4. The van der Waals surface area contributed by atoms with Gasteiger partial charge in [-0.2, -0.15) is 5.10 Å². The fourth-order valence-electron chi connectivity index (χ4n) is 3.19. The van der Waals surface area contributed by atoms with Gasteiger partial charge in [-0.15, -0.1) is 0 Å². The van der Waals surface area contributed by atoms with E-state index in [2.05, 4.69) is 24.4 Å². The quantitative estimate of drug-likeness (QED) is 0.838. The molecule has 0 radical (unpaired) electrons. The summed E-state index contributed by atoms with van der Waals surface area (Å²) in [6.45, 7) is 5.82. The van der Waals surface area contributed by atoms with Gasteiger partial charge in [-0.1, -0.05) is 32.0 Å². The van der Waals surface area contributed by atoms with E-state index in [9.17, 15) is 14.7 Å². The summed E-state index contributed by atoms with van der Waals surface area (Å²) in [5.74, 6) is -0.862. The molecule has 130 valence electrons. The maximum Gasteiger partial charge on any atom is 0.372 e. The van der Waals surface area contributed by atoms with Gasteiger partial charge in [-0.25, -0.2) is 10.2 Å². The number of nitrogens with one attached hydrogen (secondary N) is 1. The van der Waals surface area contributed by atoms with Crippen LogP contribution in [0.5, 0.6) is 0 Å². The van der Waals surface area contributed by atoms with Crippen molar-refractivity contribution in [2.45, 2.75) is 33.6 Å². The molecule has 1 aromatic heterocycles. The number of carboxylic acids is 1. The van der Waals surface area contributed by atoms with Crippen LogP contribution >= 0.6 is 0 Å². The molecular weight excluding hydrogens is 320 g/mol. The first-order valence-electron chi connectivity index (χ1n) is 8.06. The molecule has 0 unspecified atom stereocenters. The molecular formula is C19H20N2O4. The zero-order chi connectivity index (χ0) is 18.2. The average molecular weight is 340 g/mol. The Morgan fingerprint density at radius 1 is 1.20 bits per heavy atom. The molecule has 0 saturated carbocycles. The number of carbonyl (C=O) groups excluding carboxylic acids is 1. The summed E-state index contributed by atoms with van der Waals surface area (Å²) in [7, 11) is 0. The number of amides is 1. The van der Waals surface area contributed by atoms with Crippen molar-refractivity contribution in [2.75, 3.05) is 0 Å². The number of nitrogens with zero attached hydrogens (tertiary/aromatic N) is 1. The SMILES string of the molecule is Cc1c(C(=O)O)oc2c1/C(=N/NC(=O)c1ccccc1)CC(C)(C)C2. The van der Waals surface area contributed by atoms with Gasteiger partial charge in [-0.3, -0.25) is 4.79 Å². The fraction of sp³-hybridized carbons (Fsp3) is 0.316. The van der Waals surface area contributed by atoms with Gasteiger partial charge in [-0.05, 0) is 30.9 Å². The smallest absolute Gasteiger partial charge is 0.372 e. The van der Waals surface area contributed by atoms with Crippen LogP contribution in [-0.4, -0.2) is 22.7 Å². The van der Waals surface area contributed by atoms with E-state index in [1.807, 2.05) is 6.07 Å². The fourth-order valence-corrected chi connectivity index (χ4v) is 3.19. The number of benzene rings is 1. The van der Waals surface area contributed by atoms with E-state index in [4.69, 9.17) is 4.42 Å². The monoisotopic (exact) mass is 340 g/mol. The van der Waals surface area contributed by atoms with Crippen molar-refractivity contribution in [2.24, 2.45) is 10.5 Å². The Kier molecular flexibility index (Phi) is 4.20. The molecule has 1 heterocycles. The molecule has 1 aliphatic carbocycles. The first kappa shape index (κ1) is 17.0.